The lowest BCUT2D eigenvalue weighted by molar-refractivity contribution is 0.0675. The summed E-state index contributed by atoms with van der Waals surface area (Å²) in [7, 11) is 0. The third kappa shape index (κ3) is 2.50. The van der Waals surface area contributed by atoms with Crippen molar-refractivity contribution in [3.05, 3.63) is 54.0 Å². The first-order valence-corrected chi connectivity index (χ1v) is 8.65. The summed E-state index contributed by atoms with van der Waals surface area (Å²) < 4.78 is 1.98. The number of carbonyl (C=O) groups excluding carboxylic acids is 1. The number of benzene rings is 1. The second-order valence-electron chi connectivity index (χ2n) is 6.43. The van der Waals surface area contributed by atoms with E-state index >= 15 is 0 Å². The van der Waals surface area contributed by atoms with Crippen LogP contribution in [0.15, 0.2) is 42.9 Å². The molecule has 0 bridgehead atoms. The fraction of sp³-hybridized carbons (Fsp3) is 0.368. The number of rotatable bonds is 3. The summed E-state index contributed by atoms with van der Waals surface area (Å²) in [5, 5.41) is 5.37. The van der Waals surface area contributed by atoms with Gasteiger partial charge in [-0.2, -0.15) is 5.10 Å². The van der Waals surface area contributed by atoms with Gasteiger partial charge in [0.25, 0.3) is 5.91 Å². The Morgan fingerprint density at radius 2 is 2.29 bits per heavy atom. The molecular formula is C19H22N4O. The van der Waals surface area contributed by atoms with Gasteiger partial charge in [-0.3, -0.25) is 9.48 Å². The van der Waals surface area contributed by atoms with Gasteiger partial charge < -0.3 is 9.88 Å². The van der Waals surface area contributed by atoms with E-state index in [1.807, 2.05) is 40.2 Å². The van der Waals surface area contributed by atoms with Gasteiger partial charge >= 0.3 is 0 Å². The number of carbonyl (C=O) groups is 1. The van der Waals surface area contributed by atoms with Crippen LogP contribution < -0.4 is 0 Å². The molecule has 124 valence electrons. The number of hydrogen-bond donors (Lipinski definition) is 1. The third-order valence-corrected chi connectivity index (χ3v) is 5.00. The average molecular weight is 322 g/mol. The molecule has 0 saturated carbocycles. The standard InChI is InChI=1S/C19H22N4O/c1-2-14-6-3-8-16-17(12-20-18(14)16)19(24)22-10-4-7-15(13-22)23-11-5-9-21-23/h3,5-6,8-9,11-12,15,20H,2,4,7,10,13H2,1H3/t15-/m1/s1. The van der Waals surface area contributed by atoms with Gasteiger partial charge in [-0.15, -0.1) is 0 Å². The van der Waals surface area contributed by atoms with Crippen molar-refractivity contribution in [3.63, 3.8) is 0 Å². The van der Waals surface area contributed by atoms with Crippen LogP contribution >= 0.6 is 0 Å². The number of aromatic amines is 1. The number of fused-ring (bicyclic) bond motifs is 1. The van der Waals surface area contributed by atoms with E-state index in [1.54, 1.807) is 6.20 Å². The van der Waals surface area contributed by atoms with Crippen molar-refractivity contribution in [2.45, 2.75) is 32.2 Å². The zero-order chi connectivity index (χ0) is 16.5. The minimum absolute atomic E-state index is 0.117. The maximum Gasteiger partial charge on any atom is 0.256 e. The SMILES string of the molecule is CCc1cccc2c(C(=O)N3CCC[C@@H](n4cccn4)C3)c[nH]c12. The summed E-state index contributed by atoms with van der Waals surface area (Å²) in [5.74, 6) is 0.117. The number of piperidine rings is 1. The van der Waals surface area contributed by atoms with E-state index in [9.17, 15) is 4.79 Å². The first kappa shape index (κ1) is 15.0. The van der Waals surface area contributed by atoms with Gasteiger partial charge in [-0.05, 0) is 30.9 Å². The first-order chi connectivity index (χ1) is 11.8. The number of para-hydroxylation sites is 1. The smallest absolute Gasteiger partial charge is 0.256 e. The molecule has 24 heavy (non-hydrogen) atoms. The topological polar surface area (TPSA) is 53.9 Å². The molecule has 1 saturated heterocycles. The summed E-state index contributed by atoms with van der Waals surface area (Å²) in [5.41, 5.74) is 3.12. The molecule has 1 aliphatic rings. The normalized spacial score (nSPS) is 18.2. The minimum Gasteiger partial charge on any atom is -0.360 e. The number of nitrogens with one attached hydrogen (secondary N) is 1. The van der Waals surface area contributed by atoms with E-state index in [-0.39, 0.29) is 11.9 Å². The van der Waals surface area contributed by atoms with E-state index in [1.165, 1.54) is 5.56 Å². The van der Waals surface area contributed by atoms with Crippen LogP contribution in [0.5, 0.6) is 0 Å². The molecule has 1 fully saturated rings. The van der Waals surface area contributed by atoms with Gasteiger partial charge in [0.2, 0.25) is 0 Å². The van der Waals surface area contributed by atoms with Crippen molar-refractivity contribution in [3.8, 4) is 0 Å². The van der Waals surface area contributed by atoms with Crippen molar-refractivity contribution in [1.82, 2.24) is 19.7 Å². The van der Waals surface area contributed by atoms with Crippen LogP contribution in [0.3, 0.4) is 0 Å². The molecule has 1 N–H and O–H groups in total. The molecule has 1 amide bonds. The van der Waals surface area contributed by atoms with Crippen LogP contribution in [0.4, 0.5) is 0 Å². The molecule has 1 aromatic carbocycles. The van der Waals surface area contributed by atoms with Crippen molar-refractivity contribution in [2.75, 3.05) is 13.1 Å². The fourth-order valence-corrected chi connectivity index (χ4v) is 3.71. The Morgan fingerprint density at radius 3 is 3.08 bits per heavy atom. The van der Waals surface area contributed by atoms with E-state index in [2.05, 4.69) is 23.1 Å². The number of aromatic nitrogens is 3. The van der Waals surface area contributed by atoms with Gasteiger partial charge in [0, 0.05) is 42.6 Å². The van der Waals surface area contributed by atoms with Gasteiger partial charge in [0.1, 0.15) is 0 Å². The van der Waals surface area contributed by atoms with Crippen LogP contribution in [0.25, 0.3) is 10.9 Å². The van der Waals surface area contributed by atoms with Crippen molar-refractivity contribution in [1.29, 1.82) is 0 Å². The molecule has 1 atom stereocenters. The van der Waals surface area contributed by atoms with Gasteiger partial charge in [-0.1, -0.05) is 25.1 Å². The van der Waals surface area contributed by atoms with Crippen molar-refractivity contribution in [2.24, 2.45) is 0 Å². The molecule has 0 spiro atoms. The highest BCUT2D eigenvalue weighted by Gasteiger charge is 2.27. The highest BCUT2D eigenvalue weighted by molar-refractivity contribution is 6.07. The maximum absolute atomic E-state index is 13.1. The molecule has 3 aromatic rings. The Kier molecular flexibility index (Phi) is 3.84. The second-order valence-corrected chi connectivity index (χ2v) is 6.43. The highest BCUT2D eigenvalue weighted by atomic mass is 16.2. The maximum atomic E-state index is 13.1. The molecular weight excluding hydrogens is 300 g/mol. The summed E-state index contributed by atoms with van der Waals surface area (Å²) >= 11 is 0. The average Bonchev–Trinajstić information content (AvgIpc) is 3.30. The third-order valence-electron chi connectivity index (χ3n) is 5.00. The number of hydrogen-bond acceptors (Lipinski definition) is 2. The van der Waals surface area contributed by atoms with Crippen LogP contribution in [0, 0.1) is 0 Å². The van der Waals surface area contributed by atoms with E-state index in [0.29, 0.717) is 0 Å². The Hall–Kier alpha value is -2.56. The zero-order valence-electron chi connectivity index (χ0n) is 13.9. The Balaban J connectivity index is 1.62. The van der Waals surface area contributed by atoms with Gasteiger partial charge in [0.05, 0.1) is 11.6 Å². The molecule has 0 unspecified atom stereocenters. The highest BCUT2D eigenvalue weighted by Crippen LogP contribution is 2.26. The second kappa shape index (κ2) is 6.15. The van der Waals surface area contributed by atoms with Crippen LogP contribution in [-0.4, -0.2) is 38.7 Å². The van der Waals surface area contributed by atoms with E-state index in [4.69, 9.17) is 0 Å². The molecule has 3 heterocycles. The molecule has 0 aliphatic carbocycles. The van der Waals surface area contributed by atoms with Crippen LogP contribution in [-0.2, 0) is 6.42 Å². The number of nitrogens with zero attached hydrogens (tertiary/aromatic N) is 3. The lowest BCUT2D eigenvalue weighted by atomic mass is 10.0. The lowest BCUT2D eigenvalue weighted by Crippen LogP contribution is -2.40. The zero-order valence-corrected chi connectivity index (χ0v) is 13.9. The van der Waals surface area contributed by atoms with Crippen molar-refractivity contribution < 1.29 is 4.79 Å². The fourth-order valence-electron chi connectivity index (χ4n) is 3.71. The first-order valence-electron chi connectivity index (χ1n) is 8.65. The molecule has 5 nitrogen and oxygen atoms in total. The Morgan fingerprint density at radius 1 is 1.38 bits per heavy atom. The summed E-state index contributed by atoms with van der Waals surface area (Å²) in [6, 6.07) is 8.39. The Labute approximate surface area is 141 Å². The van der Waals surface area contributed by atoms with Crippen LogP contribution in [0.2, 0.25) is 0 Å². The number of amides is 1. The lowest BCUT2D eigenvalue weighted by Gasteiger charge is -2.32. The molecule has 0 radical (unpaired) electrons. The van der Waals surface area contributed by atoms with E-state index in [0.717, 1.165) is 48.8 Å². The summed E-state index contributed by atoms with van der Waals surface area (Å²) in [4.78, 5) is 18.3. The van der Waals surface area contributed by atoms with Gasteiger partial charge in [-0.25, -0.2) is 0 Å². The molecule has 5 heteroatoms. The predicted molar refractivity (Wildman–Crippen MR) is 94.1 cm³/mol. The van der Waals surface area contributed by atoms with Gasteiger partial charge in [0.15, 0.2) is 0 Å². The minimum atomic E-state index is 0.117. The largest absolute Gasteiger partial charge is 0.360 e. The number of H-pyrrole nitrogens is 1. The summed E-state index contributed by atoms with van der Waals surface area (Å²) in [6.45, 7) is 3.67. The summed E-state index contributed by atoms with van der Waals surface area (Å²) in [6.07, 6.45) is 8.68. The Bertz CT molecular complexity index is 850. The molecule has 2 aromatic heterocycles. The predicted octanol–water partition coefficient (Wildman–Crippen LogP) is 3.40. The van der Waals surface area contributed by atoms with Crippen molar-refractivity contribution >= 4 is 16.8 Å². The molecule has 1 aliphatic heterocycles. The number of likely N-dealkylation sites (tertiary alicyclic amines) is 1. The van der Waals surface area contributed by atoms with E-state index < -0.39 is 0 Å². The molecule has 4 rings (SSSR count). The number of aryl methyl sites for hydroxylation is 1. The quantitative estimate of drug-likeness (QED) is 0.803. The van der Waals surface area contributed by atoms with Crippen LogP contribution in [0.1, 0.15) is 41.7 Å². The monoisotopic (exact) mass is 322 g/mol.